The molecule has 0 fully saturated rings. The SMILES string of the molecule is COc1ccccc1-c1ccc[c]n1. The molecule has 1 radical (unpaired) electrons. The Kier molecular flexibility index (Phi) is 2.45. The van der Waals surface area contributed by atoms with Crippen LogP contribution in [0.3, 0.4) is 0 Å². The lowest BCUT2D eigenvalue weighted by atomic mass is 10.1. The van der Waals surface area contributed by atoms with E-state index in [-0.39, 0.29) is 0 Å². The highest BCUT2D eigenvalue weighted by atomic mass is 16.5. The number of aromatic nitrogens is 1. The molecule has 0 aliphatic carbocycles. The van der Waals surface area contributed by atoms with E-state index >= 15 is 0 Å². The summed E-state index contributed by atoms with van der Waals surface area (Å²) in [5.41, 5.74) is 1.87. The van der Waals surface area contributed by atoms with Gasteiger partial charge in [-0.25, -0.2) is 4.98 Å². The minimum absolute atomic E-state index is 0.833. The molecule has 0 spiro atoms. The Morgan fingerprint density at radius 3 is 2.71 bits per heavy atom. The first kappa shape index (κ1) is 8.75. The molecule has 0 atom stereocenters. The van der Waals surface area contributed by atoms with Crippen molar-refractivity contribution in [2.45, 2.75) is 0 Å². The lowest BCUT2D eigenvalue weighted by Crippen LogP contribution is -1.88. The molecule has 0 unspecified atom stereocenters. The maximum absolute atomic E-state index is 5.25. The van der Waals surface area contributed by atoms with Gasteiger partial charge < -0.3 is 4.74 Å². The maximum Gasteiger partial charge on any atom is 0.128 e. The van der Waals surface area contributed by atoms with Gasteiger partial charge in [0.25, 0.3) is 0 Å². The van der Waals surface area contributed by atoms with Crippen LogP contribution in [0, 0.1) is 6.20 Å². The summed E-state index contributed by atoms with van der Waals surface area (Å²) in [6.45, 7) is 0. The molecule has 14 heavy (non-hydrogen) atoms. The Morgan fingerprint density at radius 1 is 1.14 bits per heavy atom. The van der Waals surface area contributed by atoms with Gasteiger partial charge in [-0.3, -0.25) is 0 Å². The fourth-order valence-electron chi connectivity index (χ4n) is 1.33. The van der Waals surface area contributed by atoms with Crippen LogP contribution >= 0.6 is 0 Å². The summed E-state index contributed by atoms with van der Waals surface area (Å²) in [6.07, 6.45) is 2.81. The van der Waals surface area contributed by atoms with Gasteiger partial charge in [-0.05, 0) is 24.3 Å². The van der Waals surface area contributed by atoms with E-state index in [1.807, 2.05) is 36.4 Å². The Labute approximate surface area is 83.2 Å². The zero-order valence-corrected chi connectivity index (χ0v) is 7.90. The van der Waals surface area contributed by atoms with Crippen LogP contribution in [0.15, 0.2) is 42.5 Å². The van der Waals surface area contributed by atoms with E-state index in [1.165, 1.54) is 0 Å². The highest BCUT2D eigenvalue weighted by Gasteiger charge is 2.03. The predicted molar refractivity (Wildman–Crippen MR) is 55.1 cm³/mol. The van der Waals surface area contributed by atoms with E-state index in [9.17, 15) is 0 Å². The lowest BCUT2D eigenvalue weighted by molar-refractivity contribution is 0.416. The van der Waals surface area contributed by atoms with Crippen LogP contribution < -0.4 is 4.74 Å². The number of benzene rings is 1. The summed E-state index contributed by atoms with van der Waals surface area (Å²) in [7, 11) is 1.66. The van der Waals surface area contributed by atoms with Crippen molar-refractivity contribution in [3.63, 3.8) is 0 Å². The Bertz CT molecular complexity index is 412. The topological polar surface area (TPSA) is 22.1 Å². The van der Waals surface area contributed by atoms with Crippen molar-refractivity contribution in [1.29, 1.82) is 0 Å². The third-order valence-electron chi connectivity index (χ3n) is 1.99. The molecule has 2 aromatic rings. The highest BCUT2D eigenvalue weighted by Crippen LogP contribution is 2.27. The van der Waals surface area contributed by atoms with Crippen molar-refractivity contribution in [2.75, 3.05) is 7.11 Å². The van der Waals surface area contributed by atoms with Crippen molar-refractivity contribution in [3.8, 4) is 17.0 Å². The van der Waals surface area contributed by atoms with E-state index < -0.39 is 0 Å². The Balaban J connectivity index is 2.51. The van der Waals surface area contributed by atoms with Gasteiger partial charge in [0.15, 0.2) is 0 Å². The first-order valence-electron chi connectivity index (χ1n) is 4.38. The van der Waals surface area contributed by atoms with Gasteiger partial charge in [0.2, 0.25) is 0 Å². The molecule has 1 heterocycles. The average molecular weight is 184 g/mol. The highest BCUT2D eigenvalue weighted by molar-refractivity contribution is 5.66. The quantitative estimate of drug-likeness (QED) is 0.715. The van der Waals surface area contributed by atoms with Gasteiger partial charge in [-0.15, -0.1) is 0 Å². The molecule has 0 bridgehead atoms. The van der Waals surface area contributed by atoms with Crippen molar-refractivity contribution in [3.05, 3.63) is 48.7 Å². The number of nitrogens with zero attached hydrogens (tertiary/aromatic N) is 1. The van der Waals surface area contributed by atoms with Crippen molar-refractivity contribution < 1.29 is 4.74 Å². The average Bonchev–Trinajstić information content (AvgIpc) is 2.30. The summed E-state index contributed by atoms with van der Waals surface area (Å²) < 4.78 is 5.25. The molecule has 0 amide bonds. The predicted octanol–water partition coefficient (Wildman–Crippen LogP) is 2.56. The van der Waals surface area contributed by atoms with Crippen LogP contribution in [0.2, 0.25) is 0 Å². The van der Waals surface area contributed by atoms with Gasteiger partial charge in [0.05, 0.1) is 19.0 Å². The third-order valence-corrected chi connectivity index (χ3v) is 1.99. The first-order chi connectivity index (χ1) is 6.92. The normalized spacial score (nSPS) is 9.79. The fourth-order valence-corrected chi connectivity index (χ4v) is 1.33. The zero-order valence-electron chi connectivity index (χ0n) is 7.90. The third kappa shape index (κ3) is 1.59. The molecule has 2 rings (SSSR count). The van der Waals surface area contributed by atoms with E-state index in [2.05, 4.69) is 11.2 Å². The minimum Gasteiger partial charge on any atom is -0.496 e. The second-order valence-electron chi connectivity index (χ2n) is 2.85. The van der Waals surface area contributed by atoms with Crippen molar-refractivity contribution >= 4 is 0 Å². The van der Waals surface area contributed by atoms with Crippen molar-refractivity contribution in [2.24, 2.45) is 0 Å². The van der Waals surface area contributed by atoms with E-state index in [0.29, 0.717) is 0 Å². The monoisotopic (exact) mass is 184 g/mol. The standard InChI is InChI=1S/C12H10NO/c1-14-12-8-3-2-6-10(12)11-7-4-5-9-13-11/h2-8H,1H3. The molecule has 1 aromatic heterocycles. The molecule has 0 aliphatic heterocycles. The van der Waals surface area contributed by atoms with Gasteiger partial charge in [-0.2, -0.15) is 0 Å². The second-order valence-corrected chi connectivity index (χ2v) is 2.85. The van der Waals surface area contributed by atoms with Gasteiger partial charge >= 0.3 is 0 Å². The number of pyridine rings is 1. The Morgan fingerprint density at radius 2 is 2.00 bits per heavy atom. The molecule has 0 saturated carbocycles. The summed E-state index contributed by atoms with van der Waals surface area (Å²) in [5.74, 6) is 0.833. The smallest absolute Gasteiger partial charge is 0.128 e. The zero-order chi connectivity index (χ0) is 9.80. The summed E-state index contributed by atoms with van der Waals surface area (Å²) in [6, 6.07) is 13.4. The largest absolute Gasteiger partial charge is 0.496 e. The van der Waals surface area contributed by atoms with Crippen LogP contribution in [0.4, 0.5) is 0 Å². The first-order valence-corrected chi connectivity index (χ1v) is 4.38. The Hall–Kier alpha value is -1.83. The molecule has 1 aromatic carbocycles. The minimum atomic E-state index is 0.833. The van der Waals surface area contributed by atoms with E-state index in [1.54, 1.807) is 13.2 Å². The number of rotatable bonds is 2. The van der Waals surface area contributed by atoms with Gasteiger partial charge in [0.1, 0.15) is 5.75 Å². The molecule has 69 valence electrons. The van der Waals surface area contributed by atoms with Gasteiger partial charge in [-0.1, -0.05) is 18.2 Å². The van der Waals surface area contributed by atoms with E-state index in [4.69, 9.17) is 4.74 Å². The summed E-state index contributed by atoms with van der Waals surface area (Å²) in [4.78, 5) is 4.15. The molecular formula is C12H10NO. The number of ether oxygens (including phenoxy) is 1. The number of methoxy groups -OCH3 is 1. The van der Waals surface area contributed by atoms with Crippen LogP contribution in [-0.4, -0.2) is 12.1 Å². The molecule has 2 heteroatoms. The number of hydrogen-bond acceptors (Lipinski definition) is 2. The van der Waals surface area contributed by atoms with Crippen LogP contribution in [0.5, 0.6) is 5.75 Å². The van der Waals surface area contributed by atoms with Crippen LogP contribution in [-0.2, 0) is 0 Å². The molecule has 2 nitrogen and oxygen atoms in total. The maximum atomic E-state index is 5.25. The van der Waals surface area contributed by atoms with Crippen molar-refractivity contribution in [1.82, 2.24) is 4.98 Å². The van der Waals surface area contributed by atoms with Gasteiger partial charge in [0, 0.05) is 5.56 Å². The molecule has 0 aliphatic rings. The fraction of sp³-hybridized carbons (Fsp3) is 0.0833. The number of hydrogen-bond donors (Lipinski definition) is 0. The van der Waals surface area contributed by atoms with Crippen LogP contribution in [0.25, 0.3) is 11.3 Å². The summed E-state index contributed by atoms with van der Waals surface area (Å²) in [5, 5.41) is 0. The summed E-state index contributed by atoms with van der Waals surface area (Å²) >= 11 is 0. The second kappa shape index (κ2) is 3.92. The van der Waals surface area contributed by atoms with E-state index in [0.717, 1.165) is 17.0 Å². The molecular weight excluding hydrogens is 174 g/mol. The lowest BCUT2D eigenvalue weighted by Gasteiger charge is -2.06. The van der Waals surface area contributed by atoms with Crippen LogP contribution in [0.1, 0.15) is 0 Å². The molecule has 0 saturated heterocycles. The molecule has 0 N–H and O–H groups in total. The number of para-hydroxylation sites is 1.